The standard InChI is InChI=1S/C29H45N8O10P/c1-14(2)10-17(24(38)42-6)35-48(41,36-18(11-15(3)4)25(39)43-7)44-12-19-21-29(5,47-28(40)46-21)26(45-19)37-13-31-20-22(32-16-8-9-16)33-27(30)34-23(20)37/h13-19,21,26H,8-12H2,1-7H3,(H2,35,36,41)(H3,30,32,33,34)/t17?,18?,19-,21-,26-,29-,48?/m1/s1. The Morgan fingerprint density at radius 1 is 1.08 bits per heavy atom. The molecule has 4 heterocycles. The number of rotatable bonds is 16. The highest BCUT2D eigenvalue weighted by atomic mass is 31.2. The number of esters is 2. The van der Waals surface area contributed by atoms with Gasteiger partial charge in [-0.15, -0.1) is 0 Å². The van der Waals surface area contributed by atoms with Crippen molar-refractivity contribution in [3.05, 3.63) is 6.33 Å². The van der Waals surface area contributed by atoms with E-state index < -0.39 is 68.5 Å². The van der Waals surface area contributed by atoms with E-state index in [1.54, 1.807) is 11.5 Å². The lowest BCUT2D eigenvalue weighted by Gasteiger charge is -2.30. The summed E-state index contributed by atoms with van der Waals surface area (Å²) in [6.07, 6.45) is -0.0451. The summed E-state index contributed by atoms with van der Waals surface area (Å²) >= 11 is 0. The molecule has 3 aliphatic rings. The SMILES string of the molecule is COC(=O)C(CC(C)C)NP(=O)(NC(CC(C)C)C(=O)OC)OC[C@H]1O[C@@H](n2cnc3c(NC4CC4)nc(N)nc32)[C@]2(C)OC(=O)O[C@H]12. The van der Waals surface area contributed by atoms with Crippen LogP contribution in [0.25, 0.3) is 11.2 Å². The van der Waals surface area contributed by atoms with Crippen molar-refractivity contribution >= 4 is 48.7 Å². The highest BCUT2D eigenvalue weighted by molar-refractivity contribution is 7.54. The molecular weight excluding hydrogens is 651 g/mol. The van der Waals surface area contributed by atoms with Gasteiger partial charge < -0.3 is 39.3 Å². The summed E-state index contributed by atoms with van der Waals surface area (Å²) in [5.41, 5.74) is 5.43. The molecule has 1 aliphatic carbocycles. The van der Waals surface area contributed by atoms with Crippen LogP contribution in [0.4, 0.5) is 16.6 Å². The molecule has 0 bridgehead atoms. The maximum atomic E-state index is 14.6. The molecule has 2 unspecified atom stereocenters. The van der Waals surface area contributed by atoms with E-state index in [0.717, 1.165) is 12.8 Å². The zero-order valence-corrected chi connectivity index (χ0v) is 29.0. The quantitative estimate of drug-likeness (QED) is 0.112. The van der Waals surface area contributed by atoms with Crippen molar-refractivity contribution in [1.29, 1.82) is 0 Å². The van der Waals surface area contributed by atoms with Gasteiger partial charge in [-0.1, -0.05) is 27.7 Å². The lowest BCUT2D eigenvalue weighted by molar-refractivity contribution is -0.143. The highest BCUT2D eigenvalue weighted by Crippen LogP contribution is 2.49. The Hall–Kier alpha value is -3.57. The van der Waals surface area contributed by atoms with Crippen molar-refractivity contribution in [1.82, 2.24) is 29.7 Å². The van der Waals surface area contributed by atoms with Crippen molar-refractivity contribution < 1.29 is 47.2 Å². The third-order valence-electron chi connectivity index (χ3n) is 8.29. The highest BCUT2D eigenvalue weighted by Gasteiger charge is 2.64. The first-order valence-electron chi connectivity index (χ1n) is 15.9. The maximum Gasteiger partial charge on any atom is 0.509 e. The Balaban J connectivity index is 1.44. The van der Waals surface area contributed by atoms with Gasteiger partial charge in [0.15, 0.2) is 34.9 Å². The number of ether oxygens (including phenoxy) is 5. The first-order valence-corrected chi connectivity index (χ1v) is 17.6. The molecule has 2 aromatic heterocycles. The van der Waals surface area contributed by atoms with E-state index in [1.807, 2.05) is 27.7 Å². The van der Waals surface area contributed by atoms with E-state index in [1.165, 1.54) is 20.5 Å². The van der Waals surface area contributed by atoms with E-state index in [4.69, 9.17) is 33.9 Å². The number of carbonyl (C=O) groups excluding carboxylic acids is 3. The molecule has 0 spiro atoms. The van der Waals surface area contributed by atoms with Crippen LogP contribution >= 0.6 is 7.67 Å². The molecule has 0 aromatic carbocycles. The predicted octanol–water partition coefficient (Wildman–Crippen LogP) is 2.65. The fourth-order valence-electron chi connectivity index (χ4n) is 5.92. The first-order chi connectivity index (χ1) is 22.7. The monoisotopic (exact) mass is 696 g/mol. The van der Waals surface area contributed by atoms with Crippen molar-refractivity contribution in [3.8, 4) is 0 Å². The molecule has 48 heavy (non-hydrogen) atoms. The third-order valence-corrected chi connectivity index (χ3v) is 10.1. The predicted molar refractivity (Wildman–Crippen MR) is 170 cm³/mol. The number of nitrogens with zero attached hydrogens (tertiary/aromatic N) is 4. The number of fused-ring (bicyclic) bond motifs is 2. The van der Waals surface area contributed by atoms with Crippen LogP contribution in [-0.2, 0) is 42.4 Å². The Labute approximate surface area is 278 Å². The molecule has 2 aromatic rings. The zero-order chi connectivity index (χ0) is 35.0. The van der Waals surface area contributed by atoms with E-state index in [2.05, 4.69) is 30.4 Å². The largest absolute Gasteiger partial charge is 0.509 e. The van der Waals surface area contributed by atoms with E-state index in [0.29, 0.717) is 17.0 Å². The number of hydrogen-bond donors (Lipinski definition) is 4. The van der Waals surface area contributed by atoms with Crippen LogP contribution in [0.2, 0.25) is 0 Å². The van der Waals surface area contributed by atoms with E-state index in [9.17, 15) is 18.9 Å². The lowest BCUT2D eigenvalue weighted by atomic mass is 9.96. The molecule has 2 aliphatic heterocycles. The average Bonchev–Trinajstić information content (AvgIpc) is 3.56. The van der Waals surface area contributed by atoms with Crippen molar-refractivity contribution in [3.63, 3.8) is 0 Å². The molecule has 3 fully saturated rings. The number of nitrogen functional groups attached to an aromatic ring is 1. The fourth-order valence-corrected chi connectivity index (χ4v) is 7.74. The Bertz CT molecular complexity index is 1530. The summed E-state index contributed by atoms with van der Waals surface area (Å²) in [6, 6.07) is -1.84. The van der Waals surface area contributed by atoms with Gasteiger partial charge >= 0.3 is 25.8 Å². The van der Waals surface area contributed by atoms with E-state index in [-0.39, 0.29) is 36.7 Å². The number of nitrogens with one attached hydrogen (secondary N) is 3. The van der Waals surface area contributed by atoms with Crippen molar-refractivity contribution in [2.45, 2.75) is 102 Å². The molecule has 5 N–H and O–H groups in total. The molecule has 18 nitrogen and oxygen atoms in total. The maximum absolute atomic E-state index is 14.6. The van der Waals surface area contributed by atoms with Gasteiger partial charge in [-0.2, -0.15) is 9.97 Å². The molecule has 0 radical (unpaired) electrons. The molecule has 19 heteroatoms. The number of imidazole rings is 1. The Morgan fingerprint density at radius 3 is 2.23 bits per heavy atom. The smallest absolute Gasteiger partial charge is 0.468 e. The number of nitrogens with two attached hydrogens (primary N) is 1. The average molecular weight is 697 g/mol. The number of hydrogen-bond acceptors (Lipinski definition) is 15. The Kier molecular flexibility index (Phi) is 10.5. The molecule has 5 rings (SSSR count). The minimum absolute atomic E-state index is 0.000334. The molecule has 1 saturated carbocycles. The minimum atomic E-state index is -4.27. The third kappa shape index (κ3) is 7.67. The summed E-state index contributed by atoms with van der Waals surface area (Å²) in [5, 5.41) is 8.87. The normalized spacial score (nSPS) is 26.1. The van der Waals surface area contributed by atoms with Crippen LogP contribution in [0.1, 0.15) is 66.5 Å². The van der Waals surface area contributed by atoms with Gasteiger partial charge in [0.25, 0.3) is 0 Å². The second-order valence-electron chi connectivity index (χ2n) is 13.3. The van der Waals surface area contributed by atoms with Gasteiger partial charge in [-0.25, -0.2) is 20.0 Å². The zero-order valence-electron chi connectivity index (χ0n) is 28.1. The Morgan fingerprint density at radius 2 is 1.69 bits per heavy atom. The van der Waals surface area contributed by atoms with Gasteiger partial charge in [-0.3, -0.25) is 18.7 Å². The lowest BCUT2D eigenvalue weighted by Crippen LogP contribution is -2.46. The minimum Gasteiger partial charge on any atom is -0.468 e. The fraction of sp³-hybridized carbons (Fsp3) is 0.724. The summed E-state index contributed by atoms with van der Waals surface area (Å²) in [5.74, 6) is -0.856. The summed E-state index contributed by atoms with van der Waals surface area (Å²) in [4.78, 5) is 51.2. The summed E-state index contributed by atoms with van der Waals surface area (Å²) < 4.78 is 49.7. The number of aromatic nitrogens is 4. The van der Waals surface area contributed by atoms with Crippen molar-refractivity contribution in [2.75, 3.05) is 31.9 Å². The van der Waals surface area contributed by atoms with Gasteiger partial charge in [0, 0.05) is 6.04 Å². The summed E-state index contributed by atoms with van der Waals surface area (Å²) in [6.45, 7) is 8.76. The molecular formula is C29H45N8O10P. The van der Waals surface area contributed by atoms with Gasteiger partial charge in [0.1, 0.15) is 18.2 Å². The van der Waals surface area contributed by atoms with Gasteiger partial charge in [0.05, 0.1) is 27.2 Å². The van der Waals surface area contributed by atoms with Crippen LogP contribution < -0.4 is 21.2 Å². The second-order valence-corrected chi connectivity index (χ2v) is 15.2. The van der Waals surface area contributed by atoms with Crippen molar-refractivity contribution in [2.24, 2.45) is 11.8 Å². The van der Waals surface area contributed by atoms with Gasteiger partial charge in [-0.05, 0) is 44.4 Å². The molecule has 266 valence electrons. The first kappa shape index (κ1) is 35.7. The van der Waals surface area contributed by atoms with Crippen LogP contribution in [-0.4, -0.2) is 94.4 Å². The van der Waals surface area contributed by atoms with Crippen LogP contribution in [0, 0.1) is 11.8 Å². The summed E-state index contributed by atoms with van der Waals surface area (Å²) in [7, 11) is -1.83. The molecule has 6 atom stereocenters. The number of anilines is 2. The number of methoxy groups -OCH3 is 2. The van der Waals surface area contributed by atoms with Crippen LogP contribution in [0.5, 0.6) is 0 Å². The number of carbonyl (C=O) groups is 3. The topological polar surface area (TPSA) is 229 Å². The second kappa shape index (κ2) is 14.1. The molecule has 0 amide bonds. The molecule has 2 saturated heterocycles. The van der Waals surface area contributed by atoms with Crippen LogP contribution in [0.3, 0.4) is 0 Å². The van der Waals surface area contributed by atoms with Gasteiger partial charge in [0.2, 0.25) is 5.95 Å². The van der Waals surface area contributed by atoms with Crippen LogP contribution in [0.15, 0.2) is 6.33 Å². The van der Waals surface area contributed by atoms with E-state index >= 15 is 0 Å².